The molecule has 0 aromatic heterocycles. The van der Waals surface area contributed by atoms with Gasteiger partial charge in [-0.1, -0.05) is 12.7 Å². The Morgan fingerprint density at radius 2 is 2.06 bits per heavy atom. The fraction of sp³-hybridized carbons (Fsp3) is 0.600. The van der Waals surface area contributed by atoms with E-state index in [1.165, 1.54) is 6.08 Å². The lowest BCUT2D eigenvalue weighted by molar-refractivity contribution is -0.357. The molecule has 3 aliphatic carbocycles. The summed E-state index contributed by atoms with van der Waals surface area (Å²) >= 11 is 0. The summed E-state index contributed by atoms with van der Waals surface area (Å²) in [6, 6.07) is 0. The van der Waals surface area contributed by atoms with E-state index in [1.54, 1.807) is 0 Å². The summed E-state index contributed by atoms with van der Waals surface area (Å²) in [6.07, 6.45) is -0.196. The third-order valence-corrected chi connectivity index (χ3v) is 3.49. The fourth-order valence-corrected chi connectivity index (χ4v) is 2.49. The lowest BCUT2D eigenvalue weighted by atomic mass is 9.36. The number of carboxylic acids is 1. The van der Waals surface area contributed by atoms with Gasteiger partial charge in [-0.05, 0) is 12.8 Å². The maximum atomic E-state index is 13.6. The van der Waals surface area contributed by atoms with Crippen LogP contribution in [0.5, 0.6) is 0 Å². The van der Waals surface area contributed by atoms with Gasteiger partial charge in [0.1, 0.15) is 17.6 Å². The second-order valence-corrected chi connectivity index (χ2v) is 4.41. The third kappa shape index (κ3) is 1.16. The van der Waals surface area contributed by atoms with Crippen LogP contribution in [0.3, 0.4) is 0 Å². The first kappa shape index (κ1) is 11.8. The molecule has 0 aromatic carbocycles. The number of rotatable bonds is 4. The molecule has 7 heteroatoms. The van der Waals surface area contributed by atoms with Crippen LogP contribution in [0.4, 0.5) is 13.6 Å². The largest absolute Gasteiger partial charge is 0.481 e. The van der Waals surface area contributed by atoms with E-state index < -0.39 is 28.9 Å². The van der Waals surface area contributed by atoms with E-state index in [1.807, 2.05) is 5.32 Å². The number of hydrogen-bond acceptors (Lipinski definition) is 3. The van der Waals surface area contributed by atoms with Gasteiger partial charge in [0.2, 0.25) is 0 Å². The van der Waals surface area contributed by atoms with Crippen molar-refractivity contribution >= 4 is 12.1 Å². The standard InChI is InChI=1S/C10H11F2NO4/c1-2-3-17-7(16)13-9-4-8(5-9,6(14)15)10(9,11)12/h2H,1,3-5H2,(H,13,16)(H,14,15). The van der Waals surface area contributed by atoms with Gasteiger partial charge >= 0.3 is 12.1 Å². The Morgan fingerprint density at radius 3 is 2.47 bits per heavy atom. The van der Waals surface area contributed by atoms with Gasteiger partial charge in [-0.25, -0.2) is 13.6 Å². The zero-order chi connectivity index (χ0) is 12.9. The number of amides is 1. The highest BCUT2D eigenvalue weighted by molar-refractivity contribution is 5.84. The molecule has 0 radical (unpaired) electrons. The van der Waals surface area contributed by atoms with Crippen molar-refractivity contribution in [2.45, 2.75) is 24.3 Å². The molecule has 94 valence electrons. The van der Waals surface area contributed by atoms with Crippen LogP contribution in [-0.4, -0.2) is 35.2 Å². The highest BCUT2D eigenvalue weighted by Crippen LogP contribution is 2.76. The topological polar surface area (TPSA) is 75.6 Å². The van der Waals surface area contributed by atoms with Crippen molar-refractivity contribution in [1.82, 2.24) is 5.32 Å². The molecule has 3 aliphatic rings. The Kier molecular flexibility index (Phi) is 2.21. The molecule has 0 saturated heterocycles. The van der Waals surface area contributed by atoms with Crippen molar-refractivity contribution in [3.8, 4) is 0 Å². The smallest absolute Gasteiger partial charge is 0.408 e. The molecule has 17 heavy (non-hydrogen) atoms. The molecule has 0 aromatic rings. The first-order chi connectivity index (χ1) is 7.81. The van der Waals surface area contributed by atoms with Gasteiger partial charge < -0.3 is 15.2 Å². The lowest BCUT2D eigenvalue weighted by Crippen LogP contribution is -2.91. The van der Waals surface area contributed by atoms with Crippen LogP contribution in [0.25, 0.3) is 0 Å². The summed E-state index contributed by atoms with van der Waals surface area (Å²) in [7, 11) is 0. The van der Waals surface area contributed by atoms with Crippen LogP contribution in [-0.2, 0) is 9.53 Å². The van der Waals surface area contributed by atoms with Crippen molar-refractivity contribution in [3.05, 3.63) is 12.7 Å². The van der Waals surface area contributed by atoms with Crippen LogP contribution < -0.4 is 5.32 Å². The number of hydrogen-bond donors (Lipinski definition) is 2. The van der Waals surface area contributed by atoms with E-state index in [0.717, 1.165) is 0 Å². The molecular weight excluding hydrogens is 236 g/mol. The Balaban J connectivity index is 2.00. The van der Waals surface area contributed by atoms with Crippen LogP contribution in [0, 0.1) is 5.41 Å². The van der Waals surface area contributed by atoms with E-state index in [9.17, 15) is 18.4 Å². The van der Waals surface area contributed by atoms with Gasteiger partial charge in [-0.2, -0.15) is 0 Å². The molecule has 5 nitrogen and oxygen atoms in total. The fourth-order valence-electron chi connectivity index (χ4n) is 2.49. The zero-order valence-corrected chi connectivity index (χ0v) is 8.83. The normalized spacial score (nSPS) is 36.1. The summed E-state index contributed by atoms with van der Waals surface area (Å²) in [6.45, 7) is 3.22. The summed E-state index contributed by atoms with van der Waals surface area (Å²) in [5.41, 5.74) is -3.75. The SMILES string of the molecule is C=CCOC(=O)NC12CC(C(=O)O)(C1)C2(F)F. The monoisotopic (exact) mass is 247 g/mol. The minimum Gasteiger partial charge on any atom is -0.481 e. The van der Waals surface area contributed by atoms with Crippen LogP contribution >= 0.6 is 0 Å². The predicted octanol–water partition coefficient (Wildman–Crippen LogP) is 1.15. The highest BCUT2D eigenvalue weighted by atomic mass is 19.3. The van der Waals surface area contributed by atoms with Crippen molar-refractivity contribution < 1.29 is 28.2 Å². The Hall–Kier alpha value is -1.66. The number of carbonyl (C=O) groups is 2. The Morgan fingerprint density at radius 1 is 1.47 bits per heavy atom. The second kappa shape index (κ2) is 3.18. The van der Waals surface area contributed by atoms with Gasteiger partial charge in [-0.15, -0.1) is 0 Å². The summed E-state index contributed by atoms with van der Waals surface area (Å²) in [4.78, 5) is 21.9. The van der Waals surface area contributed by atoms with Crippen molar-refractivity contribution in [1.29, 1.82) is 0 Å². The average Bonchev–Trinajstić information content (AvgIpc) is 2.19. The average molecular weight is 247 g/mol. The minimum atomic E-state index is -3.42. The van der Waals surface area contributed by atoms with Crippen LogP contribution in [0.15, 0.2) is 12.7 Å². The molecule has 2 N–H and O–H groups in total. The molecule has 0 heterocycles. The second-order valence-electron chi connectivity index (χ2n) is 4.41. The first-order valence-electron chi connectivity index (χ1n) is 4.98. The number of aliphatic carboxylic acids is 1. The van der Waals surface area contributed by atoms with E-state index in [-0.39, 0.29) is 19.4 Å². The number of ether oxygens (including phenoxy) is 1. The highest BCUT2D eigenvalue weighted by Gasteiger charge is 2.92. The minimum absolute atomic E-state index is 0.0858. The summed E-state index contributed by atoms with van der Waals surface area (Å²) in [5, 5.41) is 10.8. The summed E-state index contributed by atoms with van der Waals surface area (Å²) in [5.74, 6) is -4.94. The van der Waals surface area contributed by atoms with Crippen molar-refractivity contribution in [2.75, 3.05) is 6.61 Å². The molecule has 3 fully saturated rings. The zero-order valence-electron chi connectivity index (χ0n) is 8.83. The van der Waals surface area contributed by atoms with Gasteiger partial charge in [0, 0.05) is 0 Å². The van der Waals surface area contributed by atoms with Gasteiger partial charge in [-0.3, -0.25) is 4.79 Å². The number of nitrogens with one attached hydrogen (secondary N) is 1. The molecule has 0 atom stereocenters. The summed E-state index contributed by atoms with van der Waals surface area (Å²) < 4.78 is 31.6. The van der Waals surface area contributed by atoms with Gasteiger partial charge in [0.15, 0.2) is 0 Å². The quantitative estimate of drug-likeness (QED) is 0.731. The third-order valence-electron chi connectivity index (χ3n) is 3.49. The van der Waals surface area contributed by atoms with E-state index in [0.29, 0.717) is 0 Å². The maximum Gasteiger partial charge on any atom is 0.408 e. The number of carbonyl (C=O) groups excluding carboxylic acids is 1. The van der Waals surface area contributed by atoms with Gasteiger partial charge in [0.25, 0.3) is 5.92 Å². The number of alkyl halides is 2. The maximum absolute atomic E-state index is 13.6. The molecule has 1 amide bonds. The molecule has 0 aliphatic heterocycles. The van der Waals surface area contributed by atoms with Crippen LogP contribution in [0.1, 0.15) is 12.8 Å². The number of carboxylic acid groups (broad SMARTS) is 1. The lowest BCUT2D eigenvalue weighted by Gasteiger charge is -2.72. The molecule has 3 rings (SSSR count). The molecule has 0 unspecified atom stereocenters. The Labute approximate surface area is 95.4 Å². The van der Waals surface area contributed by atoms with E-state index in [2.05, 4.69) is 11.3 Å². The van der Waals surface area contributed by atoms with Crippen molar-refractivity contribution in [2.24, 2.45) is 5.41 Å². The number of halogens is 2. The molecule has 0 spiro atoms. The Bertz CT molecular complexity index is 401. The van der Waals surface area contributed by atoms with Crippen LogP contribution in [0.2, 0.25) is 0 Å². The van der Waals surface area contributed by atoms with Crippen molar-refractivity contribution in [3.63, 3.8) is 0 Å². The van der Waals surface area contributed by atoms with Gasteiger partial charge in [0.05, 0.1) is 0 Å². The van der Waals surface area contributed by atoms with E-state index >= 15 is 0 Å². The first-order valence-corrected chi connectivity index (χ1v) is 4.98. The van der Waals surface area contributed by atoms with E-state index in [4.69, 9.17) is 5.11 Å². The number of alkyl carbamates (subject to hydrolysis) is 1. The molecule has 2 bridgehead atoms. The molecular formula is C10H11F2NO4. The predicted molar refractivity (Wildman–Crippen MR) is 51.7 cm³/mol. The molecule has 3 saturated carbocycles.